The molecule has 0 saturated carbocycles. The predicted octanol–water partition coefficient (Wildman–Crippen LogP) is 4.70. The second-order valence-electron chi connectivity index (χ2n) is 9.45. The van der Waals surface area contributed by atoms with Crippen LogP contribution in [0.1, 0.15) is 24.3 Å². The second-order valence-corrected chi connectivity index (χ2v) is 11.0. The first-order chi connectivity index (χ1) is 19.7. The maximum atomic E-state index is 14.6. The molecule has 0 aliphatic carbocycles. The fraction of sp³-hybridized carbons (Fsp3) is 0.241. The number of oxazole rings is 1. The molecule has 1 aliphatic heterocycles. The summed E-state index contributed by atoms with van der Waals surface area (Å²) < 4.78 is 61.1. The van der Waals surface area contributed by atoms with Crippen molar-refractivity contribution in [2.24, 2.45) is 10.3 Å². The Morgan fingerprint density at radius 1 is 1.07 bits per heavy atom. The molecular formula is C29H28FN3O7S. The van der Waals surface area contributed by atoms with Gasteiger partial charge in [0, 0.05) is 50.4 Å². The van der Waals surface area contributed by atoms with Crippen molar-refractivity contribution in [1.82, 2.24) is 4.98 Å². The van der Waals surface area contributed by atoms with Crippen molar-refractivity contribution in [2.45, 2.75) is 23.3 Å². The number of benzene rings is 3. The molecule has 214 valence electrons. The van der Waals surface area contributed by atoms with Gasteiger partial charge in [-0.25, -0.2) is 22.9 Å². The number of halogens is 1. The Kier molecular flexibility index (Phi) is 8.18. The Balaban J connectivity index is 1.45. The summed E-state index contributed by atoms with van der Waals surface area (Å²) in [4.78, 5) is 4.50. The van der Waals surface area contributed by atoms with Crippen LogP contribution in [0.2, 0.25) is 0 Å². The molecule has 0 spiro atoms. The lowest BCUT2D eigenvalue weighted by Gasteiger charge is -2.36. The highest BCUT2D eigenvalue weighted by atomic mass is 32.2. The van der Waals surface area contributed by atoms with Crippen LogP contribution in [0.4, 0.5) is 4.39 Å². The highest BCUT2D eigenvalue weighted by Crippen LogP contribution is 2.38. The van der Waals surface area contributed by atoms with Crippen LogP contribution in [-0.4, -0.2) is 51.3 Å². The first-order valence-corrected chi connectivity index (χ1v) is 14.2. The fourth-order valence-corrected chi connectivity index (χ4v) is 5.25. The van der Waals surface area contributed by atoms with E-state index in [2.05, 4.69) is 10.1 Å². The van der Waals surface area contributed by atoms with E-state index in [0.717, 1.165) is 0 Å². The lowest BCUT2D eigenvalue weighted by molar-refractivity contribution is -0.0950. The van der Waals surface area contributed by atoms with E-state index >= 15 is 0 Å². The van der Waals surface area contributed by atoms with Gasteiger partial charge >= 0.3 is 0 Å². The van der Waals surface area contributed by atoms with Gasteiger partial charge in [0.05, 0.1) is 10.5 Å². The number of hydrogen-bond acceptors (Lipinski definition) is 9. The smallest absolute Gasteiger partial charge is 0.249 e. The zero-order chi connectivity index (χ0) is 29.0. The topological polar surface area (TPSA) is 146 Å². The Labute approximate surface area is 236 Å². The summed E-state index contributed by atoms with van der Waals surface area (Å²) in [6.45, 7) is 0.687. The van der Waals surface area contributed by atoms with E-state index in [4.69, 9.17) is 23.8 Å². The zero-order valence-electron chi connectivity index (χ0n) is 22.1. The number of oxime groups is 1. The maximum absolute atomic E-state index is 14.6. The Morgan fingerprint density at radius 2 is 1.78 bits per heavy atom. The van der Waals surface area contributed by atoms with E-state index in [1.807, 2.05) is 30.3 Å². The number of methoxy groups -OCH3 is 1. The van der Waals surface area contributed by atoms with Crippen molar-refractivity contribution in [3.63, 3.8) is 0 Å². The first-order valence-electron chi connectivity index (χ1n) is 12.7. The summed E-state index contributed by atoms with van der Waals surface area (Å²) in [6.07, 6.45) is 1.13. The molecule has 1 fully saturated rings. The van der Waals surface area contributed by atoms with Gasteiger partial charge in [0.1, 0.15) is 23.9 Å². The van der Waals surface area contributed by atoms with Crippen molar-refractivity contribution < 1.29 is 36.6 Å². The summed E-state index contributed by atoms with van der Waals surface area (Å²) in [6, 6.07) is 19.3. The van der Waals surface area contributed by atoms with Crippen LogP contribution in [0.3, 0.4) is 0 Å². The molecule has 0 atom stereocenters. The molecule has 12 heteroatoms. The summed E-state index contributed by atoms with van der Waals surface area (Å²) in [7, 11) is -2.30. The quantitative estimate of drug-likeness (QED) is 0.164. The molecule has 5 rings (SSSR count). The minimum absolute atomic E-state index is 0.0358. The number of hydrogen-bond donors (Lipinski definition) is 2. The van der Waals surface area contributed by atoms with Crippen molar-refractivity contribution >= 4 is 15.7 Å². The van der Waals surface area contributed by atoms with Crippen LogP contribution in [0.25, 0.3) is 22.6 Å². The van der Waals surface area contributed by atoms with Crippen molar-refractivity contribution in [3.8, 4) is 28.3 Å². The monoisotopic (exact) mass is 581 g/mol. The third kappa shape index (κ3) is 6.15. The Hall–Kier alpha value is -4.10. The second kappa shape index (κ2) is 11.8. The summed E-state index contributed by atoms with van der Waals surface area (Å²) in [5.74, 6) is -0.0254. The molecule has 3 N–H and O–H groups in total. The molecule has 0 bridgehead atoms. The Bertz CT molecular complexity index is 1650. The molecule has 4 aromatic rings. The normalized spacial score (nSPS) is 15.5. The molecule has 0 radical (unpaired) electrons. The lowest BCUT2D eigenvalue weighted by atomic mass is 9.86. The van der Waals surface area contributed by atoms with Gasteiger partial charge in [0.15, 0.2) is 11.5 Å². The van der Waals surface area contributed by atoms with Gasteiger partial charge in [0.25, 0.3) is 0 Å². The van der Waals surface area contributed by atoms with Gasteiger partial charge in [-0.05, 0) is 42.0 Å². The molecule has 0 amide bonds. The van der Waals surface area contributed by atoms with Gasteiger partial charge < -0.3 is 23.8 Å². The van der Waals surface area contributed by atoms with Crippen LogP contribution in [-0.2, 0) is 25.1 Å². The molecule has 10 nitrogen and oxygen atoms in total. The van der Waals surface area contributed by atoms with Crippen molar-refractivity contribution in [3.05, 3.63) is 90.1 Å². The van der Waals surface area contributed by atoms with E-state index in [9.17, 15) is 18.0 Å². The van der Waals surface area contributed by atoms with Crippen LogP contribution in [0.15, 0.2) is 87.3 Å². The highest BCUT2D eigenvalue weighted by molar-refractivity contribution is 7.89. The van der Waals surface area contributed by atoms with Crippen molar-refractivity contribution in [2.75, 3.05) is 26.9 Å². The highest BCUT2D eigenvalue weighted by Gasteiger charge is 2.35. The van der Waals surface area contributed by atoms with Crippen LogP contribution in [0, 0.1) is 5.82 Å². The van der Waals surface area contributed by atoms with Gasteiger partial charge in [-0.2, -0.15) is 0 Å². The molecule has 1 aliphatic rings. The summed E-state index contributed by atoms with van der Waals surface area (Å²) in [5, 5.41) is 18.4. The van der Waals surface area contributed by atoms with Crippen LogP contribution < -0.4 is 9.88 Å². The van der Waals surface area contributed by atoms with E-state index in [1.54, 1.807) is 25.3 Å². The minimum atomic E-state index is -3.88. The number of aromatic nitrogens is 1. The first kappa shape index (κ1) is 28.4. The summed E-state index contributed by atoms with van der Waals surface area (Å²) >= 11 is 0. The molecule has 2 heterocycles. The molecule has 1 aromatic heterocycles. The number of nitrogens with two attached hydrogens (primary N) is 1. The standard InChI is InChI=1S/C29H28FN3O7S/c1-37-29(11-13-38-14-12-29)21-15-22(30)17-23(16-21)39-18-25(33-34)28-32-26(19-5-3-2-4-6-19)27(40-28)20-7-9-24(10-8-20)41(31,35)36/h2-10,15-17,34H,11-14,18H2,1H3,(H2,31,35,36)/b33-25+. The van der Waals surface area contributed by atoms with E-state index < -0.39 is 21.4 Å². The third-order valence-electron chi connectivity index (χ3n) is 6.95. The average molecular weight is 582 g/mol. The molecule has 0 unspecified atom stereocenters. The van der Waals surface area contributed by atoms with Gasteiger partial charge in [-0.1, -0.05) is 35.5 Å². The van der Waals surface area contributed by atoms with Gasteiger partial charge in [0.2, 0.25) is 15.9 Å². The molecular weight excluding hydrogens is 553 g/mol. The van der Waals surface area contributed by atoms with E-state index in [0.29, 0.717) is 54.2 Å². The van der Waals surface area contributed by atoms with Gasteiger partial charge in [-0.3, -0.25) is 0 Å². The Morgan fingerprint density at radius 3 is 2.41 bits per heavy atom. The number of rotatable bonds is 9. The van der Waals surface area contributed by atoms with E-state index in [1.165, 1.54) is 24.3 Å². The number of primary sulfonamides is 1. The van der Waals surface area contributed by atoms with Crippen molar-refractivity contribution in [1.29, 1.82) is 0 Å². The largest absolute Gasteiger partial charge is 0.487 e. The van der Waals surface area contributed by atoms with Crippen LogP contribution >= 0.6 is 0 Å². The molecule has 1 saturated heterocycles. The SMILES string of the molecule is COC1(c2cc(F)cc(OC/C(=N\O)c3nc(-c4ccccc4)c(-c4ccc(S(N)(=O)=O)cc4)o3)c2)CCOCC1. The lowest BCUT2D eigenvalue weighted by Crippen LogP contribution is -2.35. The third-order valence-corrected chi connectivity index (χ3v) is 7.88. The fourth-order valence-electron chi connectivity index (χ4n) is 4.73. The molecule has 3 aromatic carbocycles. The number of sulfonamides is 1. The number of nitrogens with zero attached hydrogens (tertiary/aromatic N) is 2. The predicted molar refractivity (Wildman–Crippen MR) is 148 cm³/mol. The van der Waals surface area contributed by atoms with Gasteiger partial charge in [-0.15, -0.1) is 0 Å². The zero-order valence-corrected chi connectivity index (χ0v) is 22.9. The van der Waals surface area contributed by atoms with E-state index in [-0.39, 0.29) is 28.9 Å². The maximum Gasteiger partial charge on any atom is 0.249 e. The summed E-state index contributed by atoms with van der Waals surface area (Å²) in [5.41, 5.74) is 1.53. The average Bonchev–Trinajstić information content (AvgIpc) is 3.43. The number of ether oxygens (including phenoxy) is 3. The minimum Gasteiger partial charge on any atom is -0.487 e. The molecule has 41 heavy (non-hydrogen) atoms. The van der Waals surface area contributed by atoms with Crippen LogP contribution in [0.5, 0.6) is 5.75 Å².